The fourth-order valence-electron chi connectivity index (χ4n) is 6.54. The minimum absolute atomic E-state index is 0.570. The second-order valence-corrected chi connectivity index (χ2v) is 12.0. The standard InChI is InChI=1S/C45H29N3O/c1-4-13-30(14-5-1)35-19-10-20-36(29-35)31-25-27-32(28-26-31)37-21-12-24-40-41(37)38-22-11-23-39(42(38)49-40)45-47-43(33-15-6-2-7-16-33)46-44(48-45)34-17-8-3-9-18-34/h1-29H. The van der Waals surface area contributed by atoms with Crippen molar-refractivity contribution in [3.05, 3.63) is 176 Å². The highest BCUT2D eigenvalue weighted by atomic mass is 16.3. The minimum Gasteiger partial charge on any atom is -0.455 e. The molecule has 0 spiro atoms. The van der Waals surface area contributed by atoms with E-state index in [1.807, 2.05) is 78.9 Å². The number of furan rings is 1. The topological polar surface area (TPSA) is 51.8 Å². The minimum atomic E-state index is 0.570. The number of aromatic nitrogens is 3. The number of benzene rings is 7. The summed E-state index contributed by atoms with van der Waals surface area (Å²) in [5.74, 6) is 1.81. The molecule has 0 unspecified atom stereocenters. The van der Waals surface area contributed by atoms with Gasteiger partial charge in [0.15, 0.2) is 17.5 Å². The number of nitrogens with zero attached hydrogens (tertiary/aromatic N) is 3. The monoisotopic (exact) mass is 627 g/mol. The first-order valence-corrected chi connectivity index (χ1v) is 16.4. The molecule has 0 N–H and O–H groups in total. The summed E-state index contributed by atoms with van der Waals surface area (Å²) in [6.07, 6.45) is 0. The lowest BCUT2D eigenvalue weighted by atomic mass is 9.95. The summed E-state index contributed by atoms with van der Waals surface area (Å²) in [7, 11) is 0. The molecule has 49 heavy (non-hydrogen) atoms. The molecule has 9 aromatic rings. The Morgan fingerprint density at radius 3 is 1.43 bits per heavy atom. The highest BCUT2D eigenvalue weighted by molar-refractivity contribution is 6.15. The Labute approximate surface area is 284 Å². The maximum absolute atomic E-state index is 6.64. The molecule has 0 aliphatic carbocycles. The van der Waals surface area contributed by atoms with E-state index in [2.05, 4.69) is 97.1 Å². The Bertz CT molecular complexity index is 2520. The predicted molar refractivity (Wildman–Crippen MR) is 200 cm³/mol. The van der Waals surface area contributed by atoms with Gasteiger partial charge in [-0.3, -0.25) is 0 Å². The Kier molecular flexibility index (Phi) is 7.10. The van der Waals surface area contributed by atoms with E-state index >= 15 is 0 Å². The summed E-state index contributed by atoms with van der Waals surface area (Å²) in [6, 6.07) is 60.5. The van der Waals surface area contributed by atoms with Crippen LogP contribution in [0.5, 0.6) is 0 Å². The van der Waals surface area contributed by atoms with Crippen LogP contribution in [0.2, 0.25) is 0 Å². The van der Waals surface area contributed by atoms with Crippen LogP contribution in [0.15, 0.2) is 180 Å². The summed E-state index contributed by atoms with van der Waals surface area (Å²) >= 11 is 0. The van der Waals surface area contributed by atoms with Crippen molar-refractivity contribution in [2.75, 3.05) is 0 Å². The van der Waals surface area contributed by atoms with Crippen LogP contribution in [-0.4, -0.2) is 15.0 Å². The molecular weight excluding hydrogens is 599 g/mol. The molecule has 2 heterocycles. The van der Waals surface area contributed by atoms with Gasteiger partial charge in [-0.25, -0.2) is 15.0 Å². The lowest BCUT2D eigenvalue weighted by Crippen LogP contribution is -2.00. The summed E-state index contributed by atoms with van der Waals surface area (Å²) in [5.41, 5.74) is 11.3. The van der Waals surface area contributed by atoms with Crippen molar-refractivity contribution in [2.24, 2.45) is 0 Å². The first-order chi connectivity index (χ1) is 24.3. The van der Waals surface area contributed by atoms with Gasteiger partial charge in [0.25, 0.3) is 0 Å². The Morgan fingerprint density at radius 1 is 0.327 bits per heavy atom. The molecule has 0 atom stereocenters. The van der Waals surface area contributed by atoms with E-state index in [0.717, 1.165) is 49.8 Å². The molecule has 230 valence electrons. The Morgan fingerprint density at radius 2 is 0.796 bits per heavy atom. The average Bonchev–Trinajstić information content (AvgIpc) is 3.58. The van der Waals surface area contributed by atoms with Crippen molar-refractivity contribution in [1.82, 2.24) is 15.0 Å². The molecule has 4 nitrogen and oxygen atoms in total. The molecule has 2 aromatic heterocycles. The van der Waals surface area contributed by atoms with Gasteiger partial charge in [-0.05, 0) is 51.6 Å². The number of hydrogen-bond donors (Lipinski definition) is 0. The summed E-state index contributed by atoms with van der Waals surface area (Å²) in [6.45, 7) is 0. The number of hydrogen-bond acceptors (Lipinski definition) is 4. The molecular formula is C45H29N3O. The Hall–Kier alpha value is -6.65. The largest absolute Gasteiger partial charge is 0.455 e. The molecule has 7 aromatic carbocycles. The van der Waals surface area contributed by atoms with E-state index in [9.17, 15) is 0 Å². The van der Waals surface area contributed by atoms with E-state index in [0.29, 0.717) is 17.5 Å². The summed E-state index contributed by atoms with van der Waals surface area (Å²) in [5, 5.41) is 2.09. The van der Waals surface area contributed by atoms with Gasteiger partial charge < -0.3 is 4.42 Å². The van der Waals surface area contributed by atoms with Crippen LogP contribution in [0.25, 0.3) is 89.5 Å². The zero-order valence-corrected chi connectivity index (χ0v) is 26.5. The van der Waals surface area contributed by atoms with Crippen molar-refractivity contribution in [3.8, 4) is 67.5 Å². The SMILES string of the molecule is c1ccc(-c2cccc(-c3ccc(-c4cccc5oc6c(-c7nc(-c8ccccc8)nc(-c8ccccc8)n7)cccc6c45)cc3)c2)cc1. The predicted octanol–water partition coefficient (Wildman–Crippen LogP) is 11.8. The first kappa shape index (κ1) is 28.6. The van der Waals surface area contributed by atoms with Gasteiger partial charge in [0, 0.05) is 21.9 Å². The van der Waals surface area contributed by atoms with Gasteiger partial charge in [0.2, 0.25) is 0 Å². The van der Waals surface area contributed by atoms with Crippen molar-refractivity contribution in [1.29, 1.82) is 0 Å². The molecule has 0 radical (unpaired) electrons. The zero-order chi connectivity index (χ0) is 32.6. The van der Waals surface area contributed by atoms with Gasteiger partial charge in [-0.2, -0.15) is 0 Å². The van der Waals surface area contributed by atoms with Gasteiger partial charge in [-0.15, -0.1) is 0 Å². The van der Waals surface area contributed by atoms with E-state index in [4.69, 9.17) is 19.4 Å². The molecule has 4 heteroatoms. The van der Waals surface area contributed by atoms with Crippen LogP contribution in [-0.2, 0) is 0 Å². The van der Waals surface area contributed by atoms with Crippen molar-refractivity contribution < 1.29 is 4.42 Å². The van der Waals surface area contributed by atoms with Gasteiger partial charge in [0.1, 0.15) is 11.2 Å². The van der Waals surface area contributed by atoms with Crippen molar-refractivity contribution in [2.45, 2.75) is 0 Å². The molecule has 9 rings (SSSR count). The fraction of sp³-hybridized carbons (Fsp3) is 0. The lowest BCUT2D eigenvalue weighted by molar-refractivity contribution is 0.669. The van der Waals surface area contributed by atoms with Crippen LogP contribution in [0.3, 0.4) is 0 Å². The first-order valence-electron chi connectivity index (χ1n) is 16.4. The highest BCUT2D eigenvalue weighted by Gasteiger charge is 2.19. The third kappa shape index (κ3) is 5.35. The van der Waals surface area contributed by atoms with E-state index < -0.39 is 0 Å². The van der Waals surface area contributed by atoms with Gasteiger partial charge >= 0.3 is 0 Å². The fourth-order valence-corrected chi connectivity index (χ4v) is 6.54. The van der Waals surface area contributed by atoms with E-state index in [1.165, 1.54) is 22.3 Å². The summed E-state index contributed by atoms with van der Waals surface area (Å²) in [4.78, 5) is 14.8. The second kappa shape index (κ2) is 12.2. The number of para-hydroxylation sites is 1. The quantitative estimate of drug-likeness (QED) is 0.184. The summed E-state index contributed by atoms with van der Waals surface area (Å²) < 4.78 is 6.64. The number of rotatable bonds is 6. The van der Waals surface area contributed by atoms with Crippen LogP contribution >= 0.6 is 0 Å². The molecule has 0 saturated carbocycles. The Balaban J connectivity index is 1.15. The molecule has 0 fully saturated rings. The molecule has 0 aliphatic rings. The van der Waals surface area contributed by atoms with Crippen molar-refractivity contribution >= 4 is 21.9 Å². The smallest absolute Gasteiger partial charge is 0.167 e. The second-order valence-electron chi connectivity index (χ2n) is 12.0. The zero-order valence-electron chi connectivity index (χ0n) is 26.5. The molecule has 0 amide bonds. The van der Waals surface area contributed by atoms with E-state index in [1.54, 1.807) is 0 Å². The molecule has 0 aliphatic heterocycles. The maximum Gasteiger partial charge on any atom is 0.167 e. The van der Waals surface area contributed by atoms with Crippen molar-refractivity contribution in [3.63, 3.8) is 0 Å². The third-order valence-electron chi connectivity index (χ3n) is 8.96. The average molecular weight is 628 g/mol. The lowest BCUT2D eigenvalue weighted by Gasteiger charge is -2.09. The molecule has 0 bridgehead atoms. The number of fused-ring (bicyclic) bond motifs is 3. The maximum atomic E-state index is 6.64. The van der Waals surface area contributed by atoms with Crippen LogP contribution in [0, 0.1) is 0 Å². The van der Waals surface area contributed by atoms with Crippen LogP contribution < -0.4 is 0 Å². The van der Waals surface area contributed by atoms with Gasteiger partial charge in [0.05, 0.1) is 5.56 Å². The van der Waals surface area contributed by atoms with E-state index in [-0.39, 0.29) is 0 Å². The highest BCUT2D eigenvalue weighted by Crippen LogP contribution is 2.41. The normalized spacial score (nSPS) is 11.3. The third-order valence-corrected chi connectivity index (χ3v) is 8.96. The van der Waals surface area contributed by atoms with Crippen LogP contribution in [0.4, 0.5) is 0 Å². The molecule has 0 saturated heterocycles. The van der Waals surface area contributed by atoms with Crippen LogP contribution in [0.1, 0.15) is 0 Å². The van der Waals surface area contributed by atoms with Gasteiger partial charge in [-0.1, -0.05) is 158 Å².